The number of halogens is 1. The SMILES string of the molecule is OC1(CNCc2cscc2Br)Cc2ccccc2C1. The van der Waals surface area contributed by atoms with Gasteiger partial charge in [0.1, 0.15) is 0 Å². The van der Waals surface area contributed by atoms with Crippen LogP contribution in [0.4, 0.5) is 0 Å². The van der Waals surface area contributed by atoms with Gasteiger partial charge in [-0.2, -0.15) is 11.3 Å². The predicted molar refractivity (Wildman–Crippen MR) is 82.5 cm³/mol. The maximum Gasteiger partial charge on any atom is 0.0852 e. The molecule has 0 spiro atoms. The van der Waals surface area contributed by atoms with Crippen LogP contribution in [0.2, 0.25) is 0 Å². The lowest BCUT2D eigenvalue weighted by Gasteiger charge is -2.22. The zero-order valence-corrected chi connectivity index (χ0v) is 12.9. The van der Waals surface area contributed by atoms with Crippen molar-refractivity contribution in [2.45, 2.75) is 25.0 Å². The number of aliphatic hydroxyl groups is 1. The number of fused-ring (bicyclic) bond motifs is 1. The van der Waals surface area contributed by atoms with Gasteiger partial charge in [0.25, 0.3) is 0 Å². The second-order valence-electron chi connectivity index (χ2n) is 5.20. The third-order valence-electron chi connectivity index (χ3n) is 3.62. The molecule has 1 heterocycles. The fraction of sp³-hybridized carbons (Fsp3) is 0.333. The van der Waals surface area contributed by atoms with E-state index in [0.717, 1.165) is 23.9 Å². The van der Waals surface area contributed by atoms with Gasteiger partial charge in [0.15, 0.2) is 0 Å². The molecule has 1 aliphatic rings. The first kappa shape index (κ1) is 13.3. The lowest BCUT2D eigenvalue weighted by Crippen LogP contribution is -2.41. The summed E-state index contributed by atoms with van der Waals surface area (Å²) in [6.07, 6.45) is 1.50. The van der Waals surface area contributed by atoms with Crippen molar-refractivity contribution < 1.29 is 5.11 Å². The smallest absolute Gasteiger partial charge is 0.0852 e. The van der Waals surface area contributed by atoms with E-state index < -0.39 is 5.60 Å². The lowest BCUT2D eigenvalue weighted by molar-refractivity contribution is 0.0510. The molecule has 4 heteroatoms. The molecule has 3 rings (SSSR count). The molecule has 1 aromatic carbocycles. The standard InChI is InChI=1S/C15H16BrNOS/c16-14-9-19-8-13(14)7-17-10-15(18)5-11-3-1-2-4-12(11)6-15/h1-4,8-9,17-18H,5-7,10H2. The molecule has 2 N–H and O–H groups in total. The second-order valence-corrected chi connectivity index (χ2v) is 6.79. The van der Waals surface area contributed by atoms with Crippen molar-refractivity contribution in [3.63, 3.8) is 0 Å². The van der Waals surface area contributed by atoms with Gasteiger partial charge in [-0.05, 0) is 38.0 Å². The third kappa shape index (κ3) is 2.92. The zero-order valence-electron chi connectivity index (χ0n) is 10.5. The molecular weight excluding hydrogens is 322 g/mol. The summed E-state index contributed by atoms with van der Waals surface area (Å²) in [5.41, 5.74) is 3.18. The Morgan fingerprint density at radius 2 is 1.89 bits per heavy atom. The van der Waals surface area contributed by atoms with Crippen LogP contribution in [0.15, 0.2) is 39.5 Å². The maximum atomic E-state index is 10.6. The van der Waals surface area contributed by atoms with E-state index in [-0.39, 0.29) is 0 Å². The highest BCUT2D eigenvalue weighted by molar-refractivity contribution is 9.10. The fourth-order valence-corrected chi connectivity index (χ4v) is 4.11. The van der Waals surface area contributed by atoms with E-state index in [2.05, 4.69) is 44.1 Å². The molecule has 1 aromatic heterocycles. The van der Waals surface area contributed by atoms with Crippen LogP contribution in [0.5, 0.6) is 0 Å². The highest BCUT2D eigenvalue weighted by atomic mass is 79.9. The van der Waals surface area contributed by atoms with E-state index >= 15 is 0 Å². The van der Waals surface area contributed by atoms with E-state index in [0.29, 0.717) is 6.54 Å². The Kier molecular flexibility index (Phi) is 3.76. The third-order valence-corrected chi connectivity index (χ3v) is 5.45. The highest BCUT2D eigenvalue weighted by Gasteiger charge is 2.34. The molecule has 100 valence electrons. The molecule has 2 nitrogen and oxygen atoms in total. The summed E-state index contributed by atoms with van der Waals surface area (Å²) in [6, 6.07) is 8.31. The maximum absolute atomic E-state index is 10.6. The highest BCUT2D eigenvalue weighted by Crippen LogP contribution is 2.29. The molecule has 0 aliphatic heterocycles. The second kappa shape index (κ2) is 5.37. The molecule has 0 fully saturated rings. The Hall–Kier alpha value is -0.680. The number of hydrogen-bond donors (Lipinski definition) is 2. The van der Waals surface area contributed by atoms with Gasteiger partial charge in [0.2, 0.25) is 0 Å². The van der Waals surface area contributed by atoms with Crippen molar-refractivity contribution in [1.82, 2.24) is 5.32 Å². The minimum absolute atomic E-state index is 0.629. The Morgan fingerprint density at radius 1 is 1.21 bits per heavy atom. The number of rotatable bonds is 4. The van der Waals surface area contributed by atoms with Gasteiger partial charge in [0, 0.05) is 35.8 Å². The van der Waals surface area contributed by atoms with Gasteiger partial charge in [-0.1, -0.05) is 24.3 Å². The summed E-state index contributed by atoms with van der Waals surface area (Å²) in [7, 11) is 0. The quantitative estimate of drug-likeness (QED) is 0.898. The fourth-order valence-electron chi connectivity index (χ4n) is 2.66. The summed E-state index contributed by atoms with van der Waals surface area (Å²) in [5, 5.41) is 18.2. The topological polar surface area (TPSA) is 32.3 Å². The molecular formula is C15H16BrNOS. The number of thiophene rings is 1. The van der Waals surface area contributed by atoms with Crippen LogP contribution in [0, 0.1) is 0 Å². The number of hydrogen-bond acceptors (Lipinski definition) is 3. The monoisotopic (exact) mass is 337 g/mol. The van der Waals surface area contributed by atoms with Crippen molar-refractivity contribution in [1.29, 1.82) is 0 Å². The normalized spacial score (nSPS) is 16.5. The Balaban J connectivity index is 1.58. The van der Waals surface area contributed by atoms with Crippen LogP contribution in [0.3, 0.4) is 0 Å². The summed E-state index contributed by atoms with van der Waals surface area (Å²) < 4.78 is 1.15. The van der Waals surface area contributed by atoms with Crippen LogP contribution in [0.1, 0.15) is 16.7 Å². The van der Waals surface area contributed by atoms with Crippen molar-refractivity contribution in [3.05, 3.63) is 56.2 Å². The number of benzene rings is 1. The minimum Gasteiger partial charge on any atom is -0.388 e. The molecule has 0 saturated carbocycles. The van der Waals surface area contributed by atoms with Crippen molar-refractivity contribution in [2.24, 2.45) is 0 Å². The van der Waals surface area contributed by atoms with Crippen LogP contribution in [-0.2, 0) is 19.4 Å². The average Bonchev–Trinajstić information content (AvgIpc) is 2.92. The molecule has 1 aliphatic carbocycles. The Bertz CT molecular complexity index is 556. The molecule has 0 saturated heterocycles. The zero-order chi connectivity index (χ0) is 13.3. The summed E-state index contributed by atoms with van der Waals surface area (Å²) in [4.78, 5) is 0. The van der Waals surface area contributed by atoms with Gasteiger partial charge < -0.3 is 10.4 Å². The van der Waals surface area contributed by atoms with E-state index in [9.17, 15) is 5.11 Å². The first-order valence-electron chi connectivity index (χ1n) is 6.37. The van der Waals surface area contributed by atoms with E-state index in [1.165, 1.54) is 16.7 Å². The summed E-state index contributed by atoms with van der Waals surface area (Å²) in [6.45, 7) is 1.42. The van der Waals surface area contributed by atoms with Gasteiger partial charge in [-0.3, -0.25) is 0 Å². The van der Waals surface area contributed by atoms with Crippen molar-refractivity contribution >= 4 is 27.3 Å². The van der Waals surface area contributed by atoms with Crippen LogP contribution in [-0.4, -0.2) is 17.3 Å². The van der Waals surface area contributed by atoms with Crippen LogP contribution >= 0.6 is 27.3 Å². The first-order valence-corrected chi connectivity index (χ1v) is 8.10. The van der Waals surface area contributed by atoms with Crippen molar-refractivity contribution in [2.75, 3.05) is 6.54 Å². The summed E-state index contributed by atoms with van der Waals surface area (Å²) in [5.74, 6) is 0. The molecule has 0 radical (unpaired) electrons. The largest absolute Gasteiger partial charge is 0.388 e. The Morgan fingerprint density at radius 3 is 2.47 bits per heavy atom. The summed E-state index contributed by atoms with van der Waals surface area (Å²) >= 11 is 5.21. The molecule has 0 unspecified atom stereocenters. The Labute approximate surface area is 125 Å². The van der Waals surface area contributed by atoms with Crippen molar-refractivity contribution in [3.8, 4) is 0 Å². The van der Waals surface area contributed by atoms with Gasteiger partial charge in [-0.25, -0.2) is 0 Å². The minimum atomic E-state index is -0.633. The van der Waals surface area contributed by atoms with Gasteiger partial charge in [-0.15, -0.1) is 0 Å². The van der Waals surface area contributed by atoms with E-state index in [1.54, 1.807) is 11.3 Å². The molecule has 19 heavy (non-hydrogen) atoms. The molecule has 2 aromatic rings. The van der Waals surface area contributed by atoms with Crippen LogP contribution in [0.25, 0.3) is 0 Å². The predicted octanol–water partition coefficient (Wildman–Crippen LogP) is 3.13. The van der Waals surface area contributed by atoms with E-state index in [1.807, 2.05) is 12.1 Å². The van der Waals surface area contributed by atoms with Gasteiger partial charge in [0.05, 0.1) is 5.60 Å². The van der Waals surface area contributed by atoms with Gasteiger partial charge >= 0.3 is 0 Å². The molecule has 0 amide bonds. The lowest BCUT2D eigenvalue weighted by atomic mass is 10.0. The van der Waals surface area contributed by atoms with Crippen LogP contribution < -0.4 is 5.32 Å². The number of nitrogens with one attached hydrogen (secondary N) is 1. The molecule has 0 bridgehead atoms. The van der Waals surface area contributed by atoms with E-state index in [4.69, 9.17) is 0 Å². The average molecular weight is 338 g/mol. The first-order chi connectivity index (χ1) is 9.16. The molecule has 0 atom stereocenters.